The number of anilines is 1. The second-order valence-electron chi connectivity index (χ2n) is 9.08. The number of halogens is 1. The Morgan fingerprint density at radius 1 is 0.950 bits per heavy atom. The summed E-state index contributed by atoms with van der Waals surface area (Å²) in [5.74, 6) is -2.20. The normalized spacial score (nSPS) is 11.7. The van der Waals surface area contributed by atoms with Crippen molar-refractivity contribution in [2.45, 2.75) is 12.0 Å². The highest BCUT2D eigenvalue weighted by Crippen LogP contribution is 2.30. The number of carbonyl (C=O) groups excluding carboxylic acids is 2. The van der Waals surface area contributed by atoms with Crippen LogP contribution < -0.4 is 16.3 Å². The molecule has 0 radical (unpaired) electrons. The molecule has 9 nitrogen and oxygen atoms in total. The van der Waals surface area contributed by atoms with Crippen LogP contribution in [0.2, 0.25) is 0 Å². The Kier molecular flexibility index (Phi) is 7.58. The van der Waals surface area contributed by atoms with Gasteiger partial charge in [0.15, 0.2) is 0 Å². The van der Waals surface area contributed by atoms with Gasteiger partial charge in [-0.25, -0.2) is 14.2 Å². The Labute approximate surface area is 228 Å². The van der Waals surface area contributed by atoms with Crippen LogP contribution in [0.5, 0.6) is 0 Å². The molecule has 0 bridgehead atoms. The van der Waals surface area contributed by atoms with Gasteiger partial charge < -0.3 is 15.6 Å². The number of hydrogen-bond donors (Lipinski definition) is 3. The maximum Gasteiger partial charge on any atom is 0.344 e. The Morgan fingerprint density at radius 3 is 2.17 bits per heavy atom. The van der Waals surface area contributed by atoms with E-state index in [-0.39, 0.29) is 16.9 Å². The summed E-state index contributed by atoms with van der Waals surface area (Å²) in [6, 6.07) is 23.5. The first-order valence-corrected chi connectivity index (χ1v) is 12.4. The number of aromatic nitrogens is 4. The first-order chi connectivity index (χ1) is 19.4. The summed E-state index contributed by atoms with van der Waals surface area (Å²) in [7, 11) is 1.64. The summed E-state index contributed by atoms with van der Waals surface area (Å²) in [5, 5.41) is 9.71. The summed E-state index contributed by atoms with van der Waals surface area (Å²) in [4.78, 5) is 44.5. The number of nitrogens with one attached hydrogen (secondary N) is 3. The van der Waals surface area contributed by atoms with Gasteiger partial charge in [-0.1, -0.05) is 60.7 Å². The summed E-state index contributed by atoms with van der Waals surface area (Å²) in [6.45, 7) is 0. The van der Waals surface area contributed by atoms with E-state index < -0.39 is 35.3 Å². The highest BCUT2D eigenvalue weighted by molar-refractivity contribution is 6.01. The number of benzene rings is 3. The van der Waals surface area contributed by atoms with Crippen LogP contribution in [0.3, 0.4) is 0 Å². The molecule has 3 aromatic carbocycles. The van der Waals surface area contributed by atoms with E-state index in [1.54, 1.807) is 19.2 Å². The summed E-state index contributed by atoms with van der Waals surface area (Å²) >= 11 is 0. The van der Waals surface area contributed by atoms with Crippen molar-refractivity contribution in [1.29, 1.82) is 0 Å². The van der Waals surface area contributed by atoms with Crippen molar-refractivity contribution in [3.05, 3.63) is 137 Å². The lowest BCUT2D eigenvalue weighted by Crippen LogP contribution is -2.48. The van der Waals surface area contributed by atoms with Crippen LogP contribution in [0.25, 0.3) is 11.1 Å². The van der Waals surface area contributed by atoms with Crippen molar-refractivity contribution in [1.82, 2.24) is 25.1 Å². The summed E-state index contributed by atoms with van der Waals surface area (Å²) in [6.07, 6.45) is 4.13. The number of H-pyrrole nitrogens is 1. The molecule has 0 unspecified atom stereocenters. The smallest absolute Gasteiger partial charge is 0.338 e. The molecule has 40 heavy (non-hydrogen) atoms. The molecule has 0 fully saturated rings. The van der Waals surface area contributed by atoms with Gasteiger partial charge in [0.25, 0.3) is 5.91 Å². The number of amides is 2. The minimum absolute atomic E-state index is 0.197. The number of hydrogen-bond acceptors (Lipinski definition) is 5. The van der Waals surface area contributed by atoms with Crippen molar-refractivity contribution < 1.29 is 14.0 Å². The van der Waals surface area contributed by atoms with Crippen LogP contribution in [0.4, 0.5) is 10.1 Å². The molecule has 10 heteroatoms. The lowest BCUT2D eigenvalue weighted by molar-refractivity contribution is -0.118. The molecular weight excluding hydrogens is 511 g/mol. The molecule has 200 valence electrons. The topological polar surface area (TPSA) is 122 Å². The molecule has 2 amide bonds. The highest BCUT2D eigenvalue weighted by atomic mass is 19.1. The van der Waals surface area contributed by atoms with Crippen molar-refractivity contribution in [2.24, 2.45) is 7.05 Å². The third kappa shape index (κ3) is 5.70. The lowest BCUT2D eigenvalue weighted by Gasteiger charge is -2.28. The minimum atomic E-state index is -1.07. The van der Waals surface area contributed by atoms with Crippen LogP contribution in [0.1, 0.15) is 27.5 Å². The zero-order valence-corrected chi connectivity index (χ0v) is 21.4. The maximum absolute atomic E-state index is 15.1. The third-order valence-electron chi connectivity index (χ3n) is 6.49. The second-order valence-corrected chi connectivity index (χ2v) is 9.08. The van der Waals surface area contributed by atoms with E-state index >= 15 is 4.39 Å². The quantitative estimate of drug-likeness (QED) is 0.278. The van der Waals surface area contributed by atoms with Gasteiger partial charge in [-0.3, -0.25) is 14.3 Å². The number of rotatable bonds is 8. The first-order valence-electron chi connectivity index (χ1n) is 12.4. The van der Waals surface area contributed by atoms with E-state index in [9.17, 15) is 14.4 Å². The average Bonchev–Trinajstić information content (AvgIpc) is 3.40. The molecular formula is C30H25FN6O3. The van der Waals surface area contributed by atoms with Gasteiger partial charge in [-0.2, -0.15) is 5.10 Å². The minimum Gasteiger partial charge on any atom is -0.338 e. The molecule has 0 saturated heterocycles. The summed E-state index contributed by atoms with van der Waals surface area (Å²) < 4.78 is 16.5. The Hall–Kier alpha value is -5.38. The van der Waals surface area contributed by atoms with E-state index in [2.05, 4.69) is 25.7 Å². The Morgan fingerprint density at radius 2 is 1.62 bits per heavy atom. The molecule has 0 aliphatic heterocycles. The van der Waals surface area contributed by atoms with Gasteiger partial charge in [0.2, 0.25) is 5.91 Å². The number of nitrogens with zero attached hydrogens (tertiary/aromatic N) is 3. The number of aryl methyl sites for hydroxylation is 1. The standard InChI is InChI=1S/C30H25FN6O3/c1-37-25(14-15-34-37)28(38)36-27(26(19-8-4-2-5-9-19)20-10-6-3-7-11-20)29(39)35-22-12-13-23(24(31)16-22)21-17-32-30(40)33-18-21/h2-18,26-27H,1H3,(H,35,39)(H,36,38)(H,32,33,40)/t27-/m0/s1. The van der Waals surface area contributed by atoms with Crippen LogP contribution in [-0.4, -0.2) is 37.6 Å². The van der Waals surface area contributed by atoms with E-state index in [0.717, 1.165) is 11.1 Å². The van der Waals surface area contributed by atoms with E-state index in [0.29, 0.717) is 5.56 Å². The zero-order chi connectivity index (χ0) is 28.1. The van der Waals surface area contributed by atoms with E-state index in [1.165, 1.54) is 35.4 Å². The molecule has 2 heterocycles. The monoisotopic (exact) mass is 536 g/mol. The zero-order valence-electron chi connectivity index (χ0n) is 21.4. The van der Waals surface area contributed by atoms with Crippen LogP contribution >= 0.6 is 0 Å². The Bertz CT molecular complexity index is 1640. The molecule has 0 aliphatic carbocycles. The molecule has 5 aromatic rings. The SMILES string of the molecule is Cn1nccc1C(=O)N[C@H](C(=O)Nc1ccc(-c2cnc(=O)[nH]c2)c(F)c1)C(c1ccccc1)c1ccccc1. The van der Waals surface area contributed by atoms with Crippen LogP contribution in [0, 0.1) is 5.82 Å². The Balaban J connectivity index is 1.50. The summed E-state index contributed by atoms with van der Waals surface area (Å²) in [5.41, 5.74) is 2.14. The predicted molar refractivity (Wildman–Crippen MR) is 148 cm³/mol. The average molecular weight is 537 g/mol. The van der Waals surface area contributed by atoms with Crippen molar-refractivity contribution in [3.8, 4) is 11.1 Å². The van der Waals surface area contributed by atoms with E-state index in [4.69, 9.17) is 0 Å². The fourth-order valence-electron chi connectivity index (χ4n) is 4.55. The number of carbonyl (C=O) groups is 2. The number of aromatic amines is 1. The van der Waals surface area contributed by atoms with Crippen molar-refractivity contribution >= 4 is 17.5 Å². The largest absolute Gasteiger partial charge is 0.344 e. The third-order valence-corrected chi connectivity index (χ3v) is 6.49. The first kappa shape index (κ1) is 26.2. The maximum atomic E-state index is 15.1. The molecule has 2 aromatic heterocycles. The van der Waals surface area contributed by atoms with Gasteiger partial charge in [-0.15, -0.1) is 0 Å². The second kappa shape index (κ2) is 11.6. The van der Waals surface area contributed by atoms with Crippen LogP contribution in [0.15, 0.2) is 108 Å². The molecule has 3 N–H and O–H groups in total. The van der Waals surface area contributed by atoms with Gasteiger partial charge in [0.1, 0.15) is 17.6 Å². The lowest BCUT2D eigenvalue weighted by atomic mass is 9.84. The molecule has 0 aliphatic rings. The molecule has 0 saturated carbocycles. The van der Waals surface area contributed by atoms with Crippen LogP contribution in [-0.2, 0) is 11.8 Å². The van der Waals surface area contributed by atoms with E-state index in [1.807, 2.05) is 60.7 Å². The van der Waals surface area contributed by atoms with Gasteiger partial charge in [0, 0.05) is 48.4 Å². The van der Waals surface area contributed by atoms with Gasteiger partial charge in [-0.05, 0) is 35.4 Å². The van der Waals surface area contributed by atoms with Gasteiger partial charge in [0.05, 0.1) is 0 Å². The fourth-order valence-corrected chi connectivity index (χ4v) is 4.55. The molecule has 0 spiro atoms. The van der Waals surface area contributed by atoms with Crippen molar-refractivity contribution in [3.63, 3.8) is 0 Å². The van der Waals surface area contributed by atoms with Gasteiger partial charge >= 0.3 is 5.69 Å². The fraction of sp³-hybridized carbons (Fsp3) is 0.100. The molecule has 1 atom stereocenters. The van der Waals surface area contributed by atoms with Crippen molar-refractivity contribution in [2.75, 3.05) is 5.32 Å². The highest BCUT2D eigenvalue weighted by Gasteiger charge is 2.33. The molecule has 5 rings (SSSR count). The predicted octanol–water partition coefficient (Wildman–Crippen LogP) is 3.88.